The molecule has 0 saturated heterocycles. The summed E-state index contributed by atoms with van der Waals surface area (Å²) < 4.78 is 4.89. The Hall–Kier alpha value is -1.93. The van der Waals surface area contributed by atoms with E-state index in [0.29, 0.717) is 19.6 Å². The molecule has 0 unspecified atom stereocenters. The number of isocyanates is 1. The highest BCUT2D eigenvalue weighted by molar-refractivity contribution is 5.65. The first-order chi connectivity index (χ1) is 8.24. The fourth-order valence-electron chi connectivity index (χ4n) is 1.58. The van der Waals surface area contributed by atoms with Crippen molar-refractivity contribution in [3.05, 3.63) is 35.9 Å². The Morgan fingerprint density at radius 2 is 2.12 bits per heavy atom. The van der Waals surface area contributed by atoms with Crippen molar-refractivity contribution in [2.75, 3.05) is 13.2 Å². The molecule has 0 saturated carbocycles. The summed E-state index contributed by atoms with van der Waals surface area (Å²) in [4.78, 5) is 24.4. The predicted octanol–water partition coefficient (Wildman–Crippen LogP) is 2.06. The van der Waals surface area contributed by atoms with Crippen LogP contribution in [0.4, 0.5) is 0 Å². The first kappa shape index (κ1) is 13.1. The molecule has 0 fully saturated rings. The van der Waals surface area contributed by atoms with Crippen molar-refractivity contribution in [2.45, 2.75) is 19.3 Å². The zero-order chi connectivity index (χ0) is 12.5. The minimum Gasteiger partial charge on any atom is -0.466 e. The normalized spacial score (nSPS) is 11.4. The zero-order valence-corrected chi connectivity index (χ0v) is 9.76. The maximum Gasteiger partial charge on any atom is 0.302 e. The van der Waals surface area contributed by atoms with Gasteiger partial charge in [0.05, 0.1) is 13.2 Å². The van der Waals surface area contributed by atoms with Crippen molar-refractivity contribution >= 4 is 12.0 Å². The lowest BCUT2D eigenvalue weighted by molar-refractivity contribution is -0.141. The lowest BCUT2D eigenvalue weighted by atomic mass is 9.96. The standard InChI is InChI=1S/C13H15NO3/c1-11(16)17-8-7-13(9-14-10-15)12-5-3-2-4-6-12/h2-6,13H,7-9H2,1H3/t13-/m1/s1. The van der Waals surface area contributed by atoms with E-state index >= 15 is 0 Å². The third-order valence-electron chi connectivity index (χ3n) is 2.42. The molecule has 0 radical (unpaired) electrons. The van der Waals surface area contributed by atoms with Gasteiger partial charge in [-0.15, -0.1) is 0 Å². The van der Waals surface area contributed by atoms with Gasteiger partial charge in [0.25, 0.3) is 0 Å². The molecule has 4 heteroatoms. The van der Waals surface area contributed by atoms with Crippen molar-refractivity contribution < 1.29 is 14.3 Å². The molecule has 1 aromatic carbocycles. The van der Waals surface area contributed by atoms with Gasteiger partial charge in [-0.2, -0.15) is 0 Å². The van der Waals surface area contributed by atoms with Crippen LogP contribution in [0.3, 0.4) is 0 Å². The SMILES string of the molecule is CC(=O)OCC[C@H](CN=C=O)c1ccccc1. The highest BCUT2D eigenvalue weighted by Gasteiger charge is 2.11. The molecular formula is C13H15NO3. The molecule has 4 nitrogen and oxygen atoms in total. The van der Waals surface area contributed by atoms with Gasteiger partial charge in [0, 0.05) is 12.8 Å². The Kier molecular flexibility index (Phi) is 5.69. The van der Waals surface area contributed by atoms with Crippen molar-refractivity contribution in [3.8, 4) is 0 Å². The van der Waals surface area contributed by atoms with Crippen LogP contribution in [0, 0.1) is 0 Å². The van der Waals surface area contributed by atoms with Gasteiger partial charge >= 0.3 is 5.97 Å². The van der Waals surface area contributed by atoms with E-state index in [4.69, 9.17) is 4.74 Å². The summed E-state index contributed by atoms with van der Waals surface area (Å²) in [5.41, 5.74) is 1.08. The summed E-state index contributed by atoms with van der Waals surface area (Å²) in [6.07, 6.45) is 2.18. The minimum atomic E-state index is -0.296. The van der Waals surface area contributed by atoms with E-state index in [9.17, 15) is 9.59 Å². The highest BCUT2D eigenvalue weighted by Crippen LogP contribution is 2.19. The molecule has 90 valence electrons. The van der Waals surface area contributed by atoms with Crippen molar-refractivity contribution in [2.24, 2.45) is 4.99 Å². The molecule has 0 N–H and O–H groups in total. The van der Waals surface area contributed by atoms with E-state index in [0.717, 1.165) is 5.56 Å². The summed E-state index contributed by atoms with van der Waals surface area (Å²) >= 11 is 0. The van der Waals surface area contributed by atoms with Gasteiger partial charge in [-0.3, -0.25) is 4.79 Å². The third kappa shape index (κ3) is 5.09. The lowest BCUT2D eigenvalue weighted by Gasteiger charge is -2.14. The van der Waals surface area contributed by atoms with Crippen molar-refractivity contribution in [3.63, 3.8) is 0 Å². The number of aliphatic imine (C=N–C) groups is 1. The Morgan fingerprint density at radius 3 is 2.71 bits per heavy atom. The maximum atomic E-state index is 10.7. The second kappa shape index (κ2) is 7.36. The Balaban J connectivity index is 2.60. The monoisotopic (exact) mass is 233 g/mol. The zero-order valence-electron chi connectivity index (χ0n) is 9.76. The lowest BCUT2D eigenvalue weighted by Crippen LogP contribution is -2.09. The quantitative estimate of drug-likeness (QED) is 0.429. The van der Waals surface area contributed by atoms with Crippen LogP contribution in [-0.2, 0) is 14.3 Å². The molecule has 0 spiro atoms. The van der Waals surface area contributed by atoms with E-state index in [1.165, 1.54) is 13.0 Å². The smallest absolute Gasteiger partial charge is 0.302 e. The molecule has 1 aromatic rings. The van der Waals surface area contributed by atoms with Crippen LogP contribution in [-0.4, -0.2) is 25.2 Å². The number of esters is 1. The molecule has 0 bridgehead atoms. The van der Waals surface area contributed by atoms with E-state index < -0.39 is 0 Å². The molecule has 1 rings (SSSR count). The maximum absolute atomic E-state index is 10.7. The van der Waals surface area contributed by atoms with Crippen LogP contribution in [0.5, 0.6) is 0 Å². The molecule has 1 atom stereocenters. The van der Waals surface area contributed by atoms with E-state index in [1.54, 1.807) is 0 Å². The van der Waals surface area contributed by atoms with Gasteiger partial charge in [0.1, 0.15) is 0 Å². The summed E-state index contributed by atoms with van der Waals surface area (Å²) in [6, 6.07) is 9.73. The number of rotatable bonds is 6. The van der Waals surface area contributed by atoms with Gasteiger partial charge < -0.3 is 4.74 Å². The molecule has 17 heavy (non-hydrogen) atoms. The van der Waals surface area contributed by atoms with Crippen LogP contribution in [0.15, 0.2) is 35.3 Å². The number of carbonyl (C=O) groups excluding carboxylic acids is 2. The van der Waals surface area contributed by atoms with Gasteiger partial charge in [0.15, 0.2) is 0 Å². The second-order valence-electron chi connectivity index (χ2n) is 3.67. The summed E-state index contributed by atoms with van der Waals surface area (Å²) in [5.74, 6) is -0.215. The first-order valence-corrected chi connectivity index (χ1v) is 5.46. The van der Waals surface area contributed by atoms with Crippen LogP contribution < -0.4 is 0 Å². The number of hydrogen-bond acceptors (Lipinski definition) is 4. The van der Waals surface area contributed by atoms with Crippen LogP contribution in [0.25, 0.3) is 0 Å². The molecule has 0 aliphatic heterocycles. The molecular weight excluding hydrogens is 218 g/mol. The fourth-order valence-corrected chi connectivity index (χ4v) is 1.58. The van der Waals surface area contributed by atoms with Crippen LogP contribution in [0.2, 0.25) is 0 Å². The summed E-state index contributed by atoms with van der Waals surface area (Å²) in [5, 5.41) is 0. The number of carbonyl (C=O) groups is 1. The Bertz CT molecular complexity index is 396. The predicted molar refractivity (Wildman–Crippen MR) is 63.4 cm³/mol. The number of hydrogen-bond donors (Lipinski definition) is 0. The second-order valence-corrected chi connectivity index (χ2v) is 3.67. The van der Waals surface area contributed by atoms with Gasteiger partial charge in [0.2, 0.25) is 6.08 Å². The largest absolute Gasteiger partial charge is 0.466 e. The Labute approximate surface area is 100 Å². The van der Waals surface area contributed by atoms with E-state index in [2.05, 4.69) is 4.99 Å². The number of nitrogens with zero attached hydrogens (tertiary/aromatic N) is 1. The van der Waals surface area contributed by atoms with Crippen LogP contribution >= 0.6 is 0 Å². The van der Waals surface area contributed by atoms with E-state index in [1.807, 2.05) is 30.3 Å². The third-order valence-corrected chi connectivity index (χ3v) is 2.42. The molecule has 0 aliphatic carbocycles. The fraction of sp³-hybridized carbons (Fsp3) is 0.385. The highest BCUT2D eigenvalue weighted by atomic mass is 16.5. The molecule has 0 aromatic heterocycles. The minimum absolute atomic E-state index is 0.0806. The average molecular weight is 233 g/mol. The number of benzene rings is 1. The topological polar surface area (TPSA) is 55.7 Å². The van der Waals surface area contributed by atoms with Crippen molar-refractivity contribution in [1.82, 2.24) is 0 Å². The van der Waals surface area contributed by atoms with E-state index in [-0.39, 0.29) is 11.9 Å². The summed E-state index contributed by atoms with van der Waals surface area (Å²) in [6.45, 7) is 2.08. The van der Waals surface area contributed by atoms with Crippen molar-refractivity contribution in [1.29, 1.82) is 0 Å². The Morgan fingerprint density at radius 1 is 1.41 bits per heavy atom. The van der Waals surface area contributed by atoms with Gasteiger partial charge in [-0.05, 0) is 12.0 Å². The van der Waals surface area contributed by atoms with Crippen LogP contribution in [0.1, 0.15) is 24.8 Å². The molecule has 0 aliphatic rings. The average Bonchev–Trinajstić information content (AvgIpc) is 2.34. The summed E-state index contributed by atoms with van der Waals surface area (Å²) in [7, 11) is 0. The first-order valence-electron chi connectivity index (χ1n) is 5.46. The van der Waals surface area contributed by atoms with Gasteiger partial charge in [-0.1, -0.05) is 30.3 Å². The number of ether oxygens (including phenoxy) is 1. The molecule has 0 amide bonds. The van der Waals surface area contributed by atoms with Gasteiger partial charge in [-0.25, -0.2) is 9.79 Å². The molecule has 0 heterocycles.